The summed E-state index contributed by atoms with van der Waals surface area (Å²) in [6, 6.07) is 16.0. The fourth-order valence-electron chi connectivity index (χ4n) is 3.83. The number of carbonyl (C=O) groups is 2. The van der Waals surface area contributed by atoms with E-state index in [9.17, 15) is 24.5 Å². The summed E-state index contributed by atoms with van der Waals surface area (Å²) >= 11 is 25.0. The Morgan fingerprint density at radius 3 is 2.39 bits per heavy atom. The van der Waals surface area contributed by atoms with Crippen LogP contribution in [0.4, 0.5) is 15.8 Å². The zero-order valence-corrected chi connectivity index (χ0v) is 21.0. The van der Waals surface area contributed by atoms with Crippen molar-refractivity contribution in [1.29, 1.82) is 10.5 Å². The van der Waals surface area contributed by atoms with Crippen molar-refractivity contribution in [3.8, 4) is 12.1 Å². The van der Waals surface area contributed by atoms with Crippen LogP contribution >= 0.6 is 46.4 Å². The van der Waals surface area contributed by atoms with E-state index < -0.39 is 33.8 Å². The molecular formula is C25H13Cl4FN4O2. The quantitative estimate of drug-likeness (QED) is 0.340. The molecule has 0 heterocycles. The molecule has 0 aromatic heterocycles. The van der Waals surface area contributed by atoms with Crippen molar-refractivity contribution in [3.63, 3.8) is 0 Å². The van der Waals surface area contributed by atoms with E-state index in [4.69, 9.17) is 46.4 Å². The molecule has 180 valence electrons. The fourth-order valence-corrected chi connectivity index (χ4v) is 5.10. The minimum atomic E-state index is -1.43. The molecule has 1 aliphatic rings. The van der Waals surface area contributed by atoms with Gasteiger partial charge in [0.05, 0.1) is 39.4 Å². The smallest absolute Gasteiger partial charge is 0.257 e. The van der Waals surface area contributed by atoms with Crippen LogP contribution in [0, 0.1) is 34.4 Å². The van der Waals surface area contributed by atoms with Crippen LogP contribution in [0.25, 0.3) is 0 Å². The second-order valence-electron chi connectivity index (χ2n) is 7.95. The number of rotatable bonds is 5. The number of nitrogens with one attached hydrogen (secondary N) is 2. The molecule has 4 rings (SSSR count). The van der Waals surface area contributed by atoms with Crippen molar-refractivity contribution in [3.05, 3.63) is 92.7 Å². The van der Waals surface area contributed by atoms with Crippen molar-refractivity contribution in [2.45, 2.75) is 10.3 Å². The summed E-state index contributed by atoms with van der Waals surface area (Å²) < 4.78 is 12.0. The predicted octanol–water partition coefficient (Wildman–Crippen LogP) is 6.65. The lowest BCUT2D eigenvalue weighted by atomic mass is 10.1. The minimum absolute atomic E-state index is 0.00606. The summed E-state index contributed by atoms with van der Waals surface area (Å²) in [7, 11) is 0. The maximum atomic E-state index is 13.4. The van der Waals surface area contributed by atoms with E-state index in [0.29, 0.717) is 16.1 Å². The largest absolute Gasteiger partial charge is 0.326 e. The van der Waals surface area contributed by atoms with Crippen molar-refractivity contribution in [1.82, 2.24) is 0 Å². The van der Waals surface area contributed by atoms with E-state index in [0.717, 1.165) is 12.1 Å². The summed E-state index contributed by atoms with van der Waals surface area (Å²) in [4.78, 5) is 25.8. The minimum Gasteiger partial charge on any atom is -0.326 e. The van der Waals surface area contributed by atoms with Crippen LogP contribution in [0.15, 0.2) is 54.6 Å². The zero-order valence-electron chi connectivity index (χ0n) is 18.0. The lowest BCUT2D eigenvalue weighted by Gasteiger charge is -2.11. The Hall–Kier alpha value is -3.33. The number of hydrogen-bond acceptors (Lipinski definition) is 4. The number of hydrogen-bond donors (Lipinski definition) is 2. The molecular weight excluding hydrogens is 549 g/mol. The highest BCUT2D eigenvalue weighted by Crippen LogP contribution is 2.65. The molecule has 0 bridgehead atoms. The van der Waals surface area contributed by atoms with Gasteiger partial charge >= 0.3 is 0 Å². The number of halogens is 5. The van der Waals surface area contributed by atoms with Gasteiger partial charge in [-0.1, -0.05) is 23.2 Å². The van der Waals surface area contributed by atoms with Crippen LogP contribution in [0.1, 0.15) is 33.0 Å². The van der Waals surface area contributed by atoms with Gasteiger partial charge in [-0.3, -0.25) is 9.59 Å². The molecule has 6 nitrogen and oxygen atoms in total. The third kappa shape index (κ3) is 5.11. The first-order valence-electron chi connectivity index (χ1n) is 10.2. The molecule has 0 spiro atoms. The Balaban J connectivity index is 1.53. The fraction of sp³-hybridized carbons (Fsp3) is 0.120. The number of alkyl halides is 2. The molecule has 1 saturated carbocycles. The molecule has 0 aliphatic heterocycles. The number of amides is 2. The number of nitrogens with zero attached hydrogens (tertiary/aromatic N) is 2. The van der Waals surface area contributed by atoms with Gasteiger partial charge < -0.3 is 10.6 Å². The molecule has 0 unspecified atom stereocenters. The maximum Gasteiger partial charge on any atom is 0.257 e. The first kappa shape index (κ1) is 25.8. The van der Waals surface area contributed by atoms with Crippen molar-refractivity contribution in [2.75, 3.05) is 10.6 Å². The monoisotopic (exact) mass is 560 g/mol. The molecule has 2 amide bonds. The summed E-state index contributed by atoms with van der Waals surface area (Å²) in [5, 5.41) is 24.0. The molecule has 0 radical (unpaired) electrons. The van der Waals surface area contributed by atoms with Crippen molar-refractivity contribution in [2.24, 2.45) is 5.92 Å². The standard InChI is InChI=1S/C25H13Cl4FN4O2/c26-15-6-12(10-31)5-13(7-15)21-22(25(21,28)29)24(36)33-17-2-3-19(27)18(9-17)23(35)34-20-4-1-16(30)8-14(20)11-32/h1-9,21-22H,(H,33,36)(H,34,35)/t21-,22+/m1/s1. The van der Waals surface area contributed by atoms with Gasteiger partial charge in [0.25, 0.3) is 5.91 Å². The third-order valence-electron chi connectivity index (χ3n) is 5.57. The average Bonchev–Trinajstić information content (AvgIpc) is 3.42. The van der Waals surface area contributed by atoms with Crippen LogP contribution in [0.5, 0.6) is 0 Å². The topological polar surface area (TPSA) is 106 Å². The van der Waals surface area contributed by atoms with Crippen LogP contribution in [0.2, 0.25) is 10.0 Å². The maximum absolute atomic E-state index is 13.4. The molecule has 2 atom stereocenters. The van der Waals surface area contributed by atoms with E-state index >= 15 is 0 Å². The molecule has 3 aromatic rings. The lowest BCUT2D eigenvalue weighted by molar-refractivity contribution is -0.117. The Labute approximate surface area is 225 Å². The Bertz CT molecular complexity index is 1500. The predicted molar refractivity (Wildman–Crippen MR) is 136 cm³/mol. The normalized spacial score (nSPS) is 17.4. The highest BCUT2D eigenvalue weighted by atomic mass is 35.5. The van der Waals surface area contributed by atoms with Gasteiger partial charge in [0, 0.05) is 16.6 Å². The van der Waals surface area contributed by atoms with E-state index in [-0.39, 0.29) is 27.5 Å². The van der Waals surface area contributed by atoms with Gasteiger partial charge in [-0.2, -0.15) is 10.5 Å². The van der Waals surface area contributed by atoms with Crippen LogP contribution < -0.4 is 10.6 Å². The van der Waals surface area contributed by atoms with Gasteiger partial charge in [0.15, 0.2) is 0 Å². The van der Waals surface area contributed by atoms with E-state index in [1.807, 2.05) is 6.07 Å². The van der Waals surface area contributed by atoms with E-state index in [1.165, 1.54) is 30.3 Å². The second kappa shape index (κ2) is 9.97. The van der Waals surface area contributed by atoms with E-state index in [2.05, 4.69) is 10.6 Å². The Morgan fingerprint density at radius 2 is 1.69 bits per heavy atom. The SMILES string of the molecule is N#Cc1cc(Cl)cc([C@@H]2[C@@H](C(=O)Nc3ccc(Cl)c(C(=O)Nc4ccc(F)cc4C#N)c3)C2(Cl)Cl)c1. The van der Waals surface area contributed by atoms with Gasteiger partial charge in [-0.15, -0.1) is 23.2 Å². The first-order chi connectivity index (χ1) is 17.0. The molecule has 0 saturated heterocycles. The summed E-state index contributed by atoms with van der Waals surface area (Å²) in [6.07, 6.45) is 0. The third-order valence-corrected chi connectivity index (χ3v) is 7.06. The first-order valence-corrected chi connectivity index (χ1v) is 11.8. The zero-order chi connectivity index (χ0) is 26.2. The molecule has 1 aliphatic carbocycles. The van der Waals surface area contributed by atoms with Crippen molar-refractivity contribution < 1.29 is 14.0 Å². The van der Waals surface area contributed by atoms with Gasteiger partial charge in [0.2, 0.25) is 5.91 Å². The molecule has 2 N–H and O–H groups in total. The summed E-state index contributed by atoms with van der Waals surface area (Å²) in [6.45, 7) is 0. The molecule has 11 heteroatoms. The van der Waals surface area contributed by atoms with Crippen molar-refractivity contribution >= 4 is 69.6 Å². The number of benzene rings is 3. The molecule has 1 fully saturated rings. The van der Waals surface area contributed by atoms with Gasteiger partial charge in [0.1, 0.15) is 16.2 Å². The summed E-state index contributed by atoms with van der Waals surface area (Å²) in [5.41, 5.74) is 1.14. The van der Waals surface area contributed by atoms with Crippen LogP contribution in [-0.4, -0.2) is 16.1 Å². The van der Waals surface area contributed by atoms with Gasteiger partial charge in [-0.25, -0.2) is 4.39 Å². The molecule has 3 aromatic carbocycles. The highest BCUT2D eigenvalue weighted by Gasteiger charge is 2.67. The van der Waals surface area contributed by atoms with Gasteiger partial charge in [-0.05, 0) is 60.2 Å². The number of nitriles is 2. The number of carbonyl (C=O) groups excluding carboxylic acids is 2. The Morgan fingerprint density at radius 1 is 0.944 bits per heavy atom. The highest BCUT2D eigenvalue weighted by molar-refractivity contribution is 6.53. The molecule has 36 heavy (non-hydrogen) atoms. The van der Waals surface area contributed by atoms with Crippen LogP contribution in [-0.2, 0) is 4.79 Å². The average molecular weight is 562 g/mol. The van der Waals surface area contributed by atoms with Crippen LogP contribution in [0.3, 0.4) is 0 Å². The lowest BCUT2D eigenvalue weighted by Crippen LogP contribution is -2.18. The Kier molecular flexibility index (Phi) is 7.13. The summed E-state index contributed by atoms with van der Waals surface area (Å²) in [5.74, 6) is -3.26. The second-order valence-corrected chi connectivity index (χ2v) is 10.2. The van der Waals surface area contributed by atoms with E-state index in [1.54, 1.807) is 18.2 Å². The number of anilines is 2.